The van der Waals surface area contributed by atoms with Gasteiger partial charge in [-0.1, -0.05) is 51.5 Å². The van der Waals surface area contributed by atoms with E-state index >= 15 is 0 Å². The van der Waals surface area contributed by atoms with Crippen molar-refractivity contribution >= 4 is 0 Å². The van der Waals surface area contributed by atoms with Crippen molar-refractivity contribution in [2.75, 3.05) is 33.4 Å². The number of benzene rings is 2. The maximum atomic E-state index is 10.7. The first-order chi connectivity index (χ1) is 17.4. The average molecular weight is 496 g/mol. The Morgan fingerprint density at radius 3 is 2.47 bits per heavy atom. The number of aryl methyl sites for hydroxylation is 1. The first-order valence-corrected chi connectivity index (χ1v) is 12.8. The molecule has 0 radical (unpaired) electrons. The number of hydrogen-bond donors (Lipinski definition) is 1. The number of aliphatic hydroxyl groups excluding tert-OH is 1. The molecule has 1 heterocycles. The highest BCUT2D eigenvalue weighted by atomic mass is 16.5. The molecule has 1 N–H and O–H groups in total. The summed E-state index contributed by atoms with van der Waals surface area (Å²) in [6.45, 7) is 11.5. The quantitative estimate of drug-likeness (QED) is 0.276. The van der Waals surface area contributed by atoms with Crippen LogP contribution < -0.4 is 9.47 Å². The van der Waals surface area contributed by atoms with Gasteiger partial charge in [0.05, 0.1) is 36.8 Å². The Hall–Kier alpha value is -2.87. The van der Waals surface area contributed by atoms with Gasteiger partial charge in [0.15, 0.2) is 0 Å². The molecule has 1 atom stereocenters. The second-order valence-electron chi connectivity index (χ2n) is 9.57. The predicted molar refractivity (Wildman–Crippen MR) is 143 cm³/mol. The summed E-state index contributed by atoms with van der Waals surface area (Å²) in [7, 11) is 1.64. The molecule has 7 heteroatoms. The molecular formula is C29H41N3O4. The molecule has 3 aromatic rings. The van der Waals surface area contributed by atoms with Gasteiger partial charge >= 0.3 is 0 Å². The van der Waals surface area contributed by atoms with Gasteiger partial charge < -0.3 is 19.3 Å². The van der Waals surface area contributed by atoms with Gasteiger partial charge in [0.1, 0.15) is 11.5 Å². The molecule has 0 saturated heterocycles. The van der Waals surface area contributed by atoms with Crippen LogP contribution in [-0.4, -0.2) is 59.3 Å². The normalized spacial score (nSPS) is 12.3. The van der Waals surface area contributed by atoms with Crippen LogP contribution in [0.5, 0.6) is 17.4 Å². The van der Waals surface area contributed by atoms with E-state index in [1.807, 2.05) is 66.2 Å². The van der Waals surface area contributed by atoms with Gasteiger partial charge in [-0.15, -0.1) is 0 Å². The maximum Gasteiger partial charge on any atom is 0.227 e. The maximum absolute atomic E-state index is 10.7. The first kappa shape index (κ1) is 27.7. The topological polar surface area (TPSA) is 69.0 Å². The number of para-hydroxylation sites is 1. The molecule has 1 aromatic heterocycles. The van der Waals surface area contributed by atoms with Crippen LogP contribution >= 0.6 is 0 Å². The van der Waals surface area contributed by atoms with E-state index in [1.54, 1.807) is 7.11 Å². The number of methoxy groups -OCH3 is 1. The minimum atomic E-state index is -0.562. The van der Waals surface area contributed by atoms with Crippen LogP contribution in [0.2, 0.25) is 0 Å². The number of aromatic nitrogens is 2. The molecule has 7 nitrogen and oxygen atoms in total. The summed E-state index contributed by atoms with van der Waals surface area (Å²) in [5, 5.41) is 15.5. The summed E-state index contributed by atoms with van der Waals surface area (Å²) >= 11 is 0. The molecular weight excluding hydrogens is 454 g/mol. The number of rotatable bonds is 15. The van der Waals surface area contributed by atoms with Gasteiger partial charge in [-0.2, -0.15) is 5.10 Å². The number of nitrogens with zero attached hydrogens (tertiary/aromatic N) is 3. The van der Waals surface area contributed by atoms with Crippen molar-refractivity contribution in [2.24, 2.45) is 5.92 Å². The third kappa shape index (κ3) is 8.08. The van der Waals surface area contributed by atoms with Gasteiger partial charge in [-0.05, 0) is 43.5 Å². The highest BCUT2D eigenvalue weighted by molar-refractivity contribution is 5.44. The largest absolute Gasteiger partial charge is 0.497 e. The van der Waals surface area contributed by atoms with Crippen molar-refractivity contribution in [1.82, 2.24) is 14.7 Å². The molecule has 0 aliphatic rings. The van der Waals surface area contributed by atoms with Crippen LogP contribution in [0.3, 0.4) is 0 Å². The van der Waals surface area contributed by atoms with Gasteiger partial charge in [0.25, 0.3) is 0 Å². The smallest absolute Gasteiger partial charge is 0.227 e. The van der Waals surface area contributed by atoms with Crippen molar-refractivity contribution in [3.8, 4) is 23.1 Å². The lowest BCUT2D eigenvalue weighted by Crippen LogP contribution is -2.37. The van der Waals surface area contributed by atoms with Crippen LogP contribution in [0.25, 0.3) is 5.69 Å². The molecule has 0 fully saturated rings. The molecule has 196 valence electrons. The van der Waals surface area contributed by atoms with Gasteiger partial charge in [0.2, 0.25) is 5.88 Å². The van der Waals surface area contributed by atoms with Crippen molar-refractivity contribution in [3.63, 3.8) is 0 Å². The van der Waals surface area contributed by atoms with Crippen LogP contribution in [0.4, 0.5) is 0 Å². The first-order valence-electron chi connectivity index (χ1n) is 12.8. The molecule has 0 unspecified atom stereocenters. The van der Waals surface area contributed by atoms with Gasteiger partial charge in [-0.25, -0.2) is 4.68 Å². The standard InChI is InChI=1S/C29H41N3O4/c1-6-7-16-35-21-25(33)19-31(18-22(2)3)20-28-23(4)30-32(24-12-9-8-10-13-24)29(28)36-27-15-11-14-26(17-27)34-5/h8-15,17,22,25,33H,6-7,16,18-21H2,1-5H3/t25-/m0/s1. The molecule has 0 saturated carbocycles. The van der Waals surface area contributed by atoms with Crippen LogP contribution in [0.1, 0.15) is 44.9 Å². The Morgan fingerprint density at radius 1 is 1.03 bits per heavy atom. The van der Waals surface area contributed by atoms with Crippen molar-refractivity contribution < 1.29 is 19.3 Å². The van der Waals surface area contributed by atoms with Crippen molar-refractivity contribution in [2.45, 2.75) is 53.2 Å². The minimum absolute atomic E-state index is 0.337. The molecule has 0 spiro atoms. The third-order valence-electron chi connectivity index (χ3n) is 5.82. The fourth-order valence-electron chi connectivity index (χ4n) is 4.11. The number of ether oxygens (including phenoxy) is 3. The lowest BCUT2D eigenvalue weighted by molar-refractivity contribution is 0.0123. The molecule has 0 amide bonds. The van der Waals surface area contributed by atoms with Crippen molar-refractivity contribution in [3.05, 3.63) is 65.9 Å². The summed E-state index contributed by atoms with van der Waals surface area (Å²) in [4.78, 5) is 2.26. The minimum Gasteiger partial charge on any atom is -0.497 e. The number of hydrogen-bond acceptors (Lipinski definition) is 6. The molecule has 0 aliphatic carbocycles. The second kappa shape index (κ2) is 14.0. The van der Waals surface area contributed by atoms with E-state index in [1.165, 1.54) is 0 Å². The van der Waals surface area contributed by atoms with Crippen LogP contribution in [-0.2, 0) is 11.3 Å². The van der Waals surface area contributed by atoms with E-state index in [2.05, 4.69) is 25.7 Å². The Labute approximate surface area is 215 Å². The van der Waals surface area contributed by atoms with Gasteiger partial charge in [-0.3, -0.25) is 4.90 Å². The zero-order valence-corrected chi connectivity index (χ0v) is 22.3. The van der Waals surface area contributed by atoms with Crippen LogP contribution in [0.15, 0.2) is 54.6 Å². The molecule has 36 heavy (non-hydrogen) atoms. The van der Waals surface area contributed by atoms with E-state index in [0.29, 0.717) is 43.9 Å². The second-order valence-corrected chi connectivity index (χ2v) is 9.57. The number of aliphatic hydroxyl groups is 1. The average Bonchev–Trinajstić information content (AvgIpc) is 3.16. The SMILES string of the molecule is CCCCOC[C@@H](O)CN(Cc1c(C)nn(-c2ccccc2)c1Oc1cccc(OC)c1)CC(C)C. The molecule has 0 aliphatic heterocycles. The van der Waals surface area contributed by atoms with E-state index in [9.17, 15) is 5.11 Å². The van der Waals surface area contributed by atoms with E-state index < -0.39 is 6.10 Å². The summed E-state index contributed by atoms with van der Waals surface area (Å²) in [5.41, 5.74) is 2.80. The Morgan fingerprint density at radius 2 is 1.78 bits per heavy atom. The van der Waals surface area contributed by atoms with Crippen molar-refractivity contribution in [1.29, 1.82) is 0 Å². The molecule has 3 rings (SSSR count). The zero-order valence-electron chi connectivity index (χ0n) is 22.3. The highest BCUT2D eigenvalue weighted by Gasteiger charge is 2.23. The lowest BCUT2D eigenvalue weighted by atomic mass is 10.1. The highest BCUT2D eigenvalue weighted by Crippen LogP contribution is 2.33. The zero-order chi connectivity index (χ0) is 25.9. The van der Waals surface area contributed by atoms with E-state index in [4.69, 9.17) is 19.3 Å². The third-order valence-corrected chi connectivity index (χ3v) is 5.82. The fraction of sp³-hybridized carbons (Fsp3) is 0.483. The van der Waals surface area contributed by atoms with Crippen LogP contribution in [0, 0.1) is 12.8 Å². The fourth-order valence-corrected chi connectivity index (χ4v) is 4.11. The van der Waals surface area contributed by atoms with E-state index in [0.717, 1.165) is 42.1 Å². The Balaban J connectivity index is 1.90. The summed E-state index contributed by atoms with van der Waals surface area (Å²) in [6, 6.07) is 17.6. The molecule has 2 aromatic carbocycles. The lowest BCUT2D eigenvalue weighted by Gasteiger charge is -2.27. The van der Waals surface area contributed by atoms with E-state index in [-0.39, 0.29) is 0 Å². The predicted octanol–water partition coefficient (Wildman–Crippen LogP) is 5.62. The number of unbranched alkanes of at least 4 members (excludes halogenated alkanes) is 1. The monoisotopic (exact) mass is 495 g/mol. The molecule has 0 bridgehead atoms. The summed E-state index contributed by atoms with van der Waals surface area (Å²) in [6.07, 6.45) is 1.52. The Kier molecular flexibility index (Phi) is 10.8. The van der Waals surface area contributed by atoms with Gasteiger partial charge in [0, 0.05) is 32.3 Å². The Bertz CT molecular complexity index is 1050. The summed E-state index contributed by atoms with van der Waals surface area (Å²) < 4.78 is 19.4. The summed E-state index contributed by atoms with van der Waals surface area (Å²) in [5.74, 6) is 2.50.